The zero-order valence-electron chi connectivity index (χ0n) is 10.3. The first-order valence-corrected chi connectivity index (χ1v) is 6.04. The molecule has 1 aromatic carbocycles. The smallest absolute Gasteiger partial charge is 0.309 e. The van der Waals surface area contributed by atoms with E-state index in [1.54, 1.807) is 31.4 Å². The van der Waals surface area contributed by atoms with Crippen molar-refractivity contribution in [2.45, 2.75) is 19.3 Å². The normalized spacial score (nSPS) is 14.7. The van der Waals surface area contributed by atoms with E-state index < -0.39 is 0 Å². The molecular formula is C14H16O4. The van der Waals surface area contributed by atoms with E-state index in [1.165, 1.54) is 0 Å². The lowest BCUT2D eigenvalue weighted by atomic mass is 9.86. The van der Waals surface area contributed by atoms with Gasteiger partial charge in [-0.3, -0.25) is 9.59 Å². The quantitative estimate of drug-likeness (QED) is 0.592. The zero-order valence-corrected chi connectivity index (χ0v) is 10.3. The van der Waals surface area contributed by atoms with Gasteiger partial charge in [-0.15, -0.1) is 0 Å². The van der Waals surface area contributed by atoms with Gasteiger partial charge >= 0.3 is 5.97 Å². The Labute approximate surface area is 106 Å². The van der Waals surface area contributed by atoms with E-state index in [0.29, 0.717) is 11.3 Å². The molecule has 96 valence electrons. The Balaban J connectivity index is 1.84. The monoisotopic (exact) mass is 248 g/mol. The number of rotatable bonds is 5. The Morgan fingerprint density at radius 1 is 1.22 bits per heavy atom. The van der Waals surface area contributed by atoms with Crippen LogP contribution in [0.25, 0.3) is 0 Å². The number of ether oxygens (including phenoxy) is 2. The van der Waals surface area contributed by atoms with Gasteiger partial charge in [0.15, 0.2) is 12.4 Å². The summed E-state index contributed by atoms with van der Waals surface area (Å²) in [7, 11) is 1.57. The molecule has 0 heterocycles. The molecule has 0 radical (unpaired) electrons. The summed E-state index contributed by atoms with van der Waals surface area (Å²) in [5, 5.41) is 0. The number of ketones is 1. The average Bonchev–Trinajstić information content (AvgIpc) is 2.34. The lowest BCUT2D eigenvalue weighted by molar-refractivity contribution is -0.150. The van der Waals surface area contributed by atoms with Gasteiger partial charge < -0.3 is 9.47 Å². The van der Waals surface area contributed by atoms with E-state index in [2.05, 4.69) is 0 Å². The first-order valence-electron chi connectivity index (χ1n) is 6.04. The molecule has 4 nitrogen and oxygen atoms in total. The Morgan fingerprint density at radius 2 is 1.89 bits per heavy atom. The van der Waals surface area contributed by atoms with Gasteiger partial charge in [0.25, 0.3) is 0 Å². The lowest BCUT2D eigenvalue weighted by Gasteiger charge is -2.22. The van der Waals surface area contributed by atoms with Crippen molar-refractivity contribution in [3.05, 3.63) is 29.8 Å². The Kier molecular flexibility index (Phi) is 3.97. The number of methoxy groups -OCH3 is 1. The molecule has 1 fully saturated rings. The van der Waals surface area contributed by atoms with Crippen molar-refractivity contribution in [3.8, 4) is 5.75 Å². The minimum Gasteiger partial charge on any atom is -0.497 e. The molecule has 18 heavy (non-hydrogen) atoms. The van der Waals surface area contributed by atoms with E-state index in [-0.39, 0.29) is 24.3 Å². The van der Waals surface area contributed by atoms with Crippen LogP contribution in [0.5, 0.6) is 5.75 Å². The van der Waals surface area contributed by atoms with Gasteiger partial charge in [0.2, 0.25) is 0 Å². The van der Waals surface area contributed by atoms with Gasteiger partial charge in [-0.05, 0) is 37.1 Å². The zero-order chi connectivity index (χ0) is 13.0. The Morgan fingerprint density at radius 3 is 2.39 bits per heavy atom. The van der Waals surface area contributed by atoms with E-state index in [1.807, 2.05) is 0 Å². The van der Waals surface area contributed by atoms with Gasteiger partial charge in [0.05, 0.1) is 13.0 Å². The molecule has 0 atom stereocenters. The molecule has 4 heteroatoms. The molecule has 0 saturated heterocycles. The van der Waals surface area contributed by atoms with Crippen LogP contribution in [-0.4, -0.2) is 25.5 Å². The van der Waals surface area contributed by atoms with E-state index in [9.17, 15) is 9.59 Å². The molecule has 0 unspecified atom stereocenters. The highest BCUT2D eigenvalue weighted by Crippen LogP contribution is 2.27. The summed E-state index contributed by atoms with van der Waals surface area (Å²) < 4.78 is 10.0. The molecule has 1 aromatic rings. The molecule has 2 rings (SSSR count). The highest BCUT2D eigenvalue weighted by atomic mass is 16.5. The molecule has 0 aromatic heterocycles. The van der Waals surface area contributed by atoms with Crippen LogP contribution >= 0.6 is 0 Å². The molecule has 1 aliphatic rings. The van der Waals surface area contributed by atoms with Gasteiger partial charge in [0, 0.05) is 5.56 Å². The summed E-state index contributed by atoms with van der Waals surface area (Å²) in [6, 6.07) is 6.75. The van der Waals surface area contributed by atoms with Crippen molar-refractivity contribution in [1.82, 2.24) is 0 Å². The first-order chi connectivity index (χ1) is 8.70. The summed E-state index contributed by atoms with van der Waals surface area (Å²) >= 11 is 0. The van der Waals surface area contributed by atoms with E-state index in [0.717, 1.165) is 19.3 Å². The van der Waals surface area contributed by atoms with Crippen LogP contribution in [-0.2, 0) is 9.53 Å². The van der Waals surface area contributed by atoms with Crippen molar-refractivity contribution in [2.75, 3.05) is 13.7 Å². The minimum atomic E-state index is -0.247. The molecule has 0 N–H and O–H groups in total. The highest BCUT2D eigenvalue weighted by Gasteiger charge is 2.27. The van der Waals surface area contributed by atoms with Crippen LogP contribution < -0.4 is 4.74 Å². The van der Waals surface area contributed by atoms with Crippen LogP contribution in [0.4, 0.5) is 0 Å². The largest absolute Gasteiger partial charge is 0.497 e. The lowest BCUT2D eigenvalue weighted by Crippen LogP contribution is -2.26. The molecule has 1 saturated carbocycles. The first kappa shape index (κ1) is 12.6. The third kappa shape index (κ3) is 2.88. The molecule has 0 spiro atoms. The van der Waals surface area contributed by atoms with Crippen molar-refractivity contribution in [2.24, 2.45) is 5.92 Å². The van der Waals surface area contributed by atoms with Crippen molar-refractivity contribution >= 4 is 11.8 Å². The minimum absolute atomic E-state index is 0.00803. The number of benzene rings is 1. The molecular weight excluding hydrogens is 232 g/mol. The number of esters is 1. The molecule has 0 aliphatic heterocycles. The standard InChI is InChI=1S/C14H16O4/c1-17-12-7-5-10(6-8-12)13(15)9-18-14(16)11-3-2-4-11/h5-8,11H,2-4,9H2,1H3. The van der Waals surface area contributed by atoms with Crippen LogP contribution in [0, 0.1) is 5.92 Å². The topological polar surface area (TPSA) is 52.6 Å². The fraction of sp³-hybridized carbons (Fsp3) is 0.429. The number of hydrogen-bond acceptors (Lipinski definition) is 4. The number of carbonyl (C=O) groups excluding carboxylic acids is 2. The second-order valence-corrected chi connectivity index (χ2v) is 4.39. The predicted octanol–water partition coefficient (Wildman–Crippen LogP) is 2.22. The van der Waals surface area contributed by atoms with Gasteiger partial charge in [-0.25, -0.2) is 0 Å². The fourth-order valence-corrected chi connectivity index (χ4v) is 1.76. The van der Waals surface area contributed by atoms with Gasteiger partial charge in [-0.2, -0.15) is 0 Å². The Hall–Kier alpha value is -1.84. The van der Waals surface area contributed by atoms with Gasteiger partial charge in [-0.1, -0.05) is 6.42 Å². The van der Waals surface area contributed by atoms with Gasteiger partial charge in [0.1, 0.15) is 5.75 Å². The van der Waals surface area contributed by atoms with Crippen LogP contribution in [0.15, 0.2) is 24.3 Å². The van der Waals surface area contributed by atoms with Crippen molar-refractivity contribution in [1.29, 1.82) is 0 Å². The summed E-state index contributed by atoms with van der Waals surface area (Å²) in [4.78, 5) is 23.2. The number of hydrogen-bond donors (Lipinski definition) is 0. The summed E-state index contributed by atoms with van der Waals surface area (Å²) in [5.41, 5.74) is 0.525. The SMILES string of the molecule is COc1ccc(C(=O)COC(=O)C2CCC2)cc1. The number of carbonyl (C=O) groups is 2. The van der Waals surface area contributed by atoms with Crippen LogP contribution in [0.3, 0.4) is 0 Å². The maximum absolute atomic E-state index is 11.8. The Bertz CT molecular complexity index is 432. The molecule has 0 amide bonds. The summed E-state index contributed by atoms with van der Waals surface area (Å²) in [5.74, 6) is 0.264. The fourth-order valence-electron chi connectivity index (χ4n) is 1.76. The molecule has 0 bridgehead atoms. The second kappa shape index (κ2) is 5.67. The van der Waals surface area contributed by atoms with E-state index in [4.69, 9.17) is 9.47 Å². The highest BCUT2D eigenvalue weighted by molar-refractivity contribution is 5.98. The number of Topliss-reactive ketones (excluding diaryl/α,β-unsaturated/α-hetero) is 1. The second-order valence-electron chi connectivity index (χ2n) is 4.39. The van der Waals surface area contributed by atoms with Crippen molar-refractivity contribution in [3.63, 3.8) is 0 Å². The molecule has 1 aliphatic carbocycles. The van der Waals surface area contributed by atoms with Crippen molar-refractivity contribution < 1.29 is 19.1 Å². The van der Waals surface area contributed by atoms with Crippen LogP contribution in [0.2, 0.25) is 0 Å². The third-order valence-corrected chi connectivity index (χ3v) is 3.20. The third-order valence-electron chi connectivity index (χ3n) is 3.20. The van der Waals surface area contributed by atoms with E-state index >= 15 is 0 Å². The summed E-state index contributed by atoms with van der Waals surface area (Å²) in [6.45, 7) is -0.179. The van der Waals surface area contributed by atoms with Crippen LogP contribution in [0.1, 0.15) is 29.6 Å². The predicted molar refractivity (Wildman–Crippen MR) is 65.6 cm³/mol. The summed E-state index contributed by atoms with van der Waals surface area (Å²) in [6.07, 6.45) is 2.84. The average molecular weight is 248 g/mol. The maximum Gasteiger partial charge on any atom is 0.309 e. The maximum atomic E-state index is 11.8.